The van der Waals surface area contributed by atoms with Gasteiger partial charge >= 0.3 is 0 Å². The topological polar surface area (TPSA) is 29.5 Å². The van der Waals surface area contributed by atoms with Crippen molar-refractivity contribution >= 4 is 29.1 Å². The molecule has 0 spiro atoms. The van der Waals surface area contributed by atoms with Crippen molar-refractivity contribution in [2.45, 2.75) is 24.7 Å². The molecule has 1 aliphatic rings. The summed E-state index contributed by atoms with van der Waals surface area (Å²) in [4.78, 5) is 15.0. The summed E-state index contributed by atoms with van der Waals surface area (Å²) in [6, 6.07) is 24.9. The van der Waals surface area contributed by atoms with Gasteiger partial charge in [0, 0.05) is 23.5 Å². The molecule has 3 nitrogen and oxygen atoms in total. The van der Waals surface area contributed by atoms with Crippen LogP contribution in [0.4, 0.5) is 0 Å². The van der Waals surface area contributed by atoms with Gasteiger partial charge in [0.2, 0.25) is 0 Å². The first-order valence-electron chi connectivity index (χ1n) is 9.50. The van der Waals surface area contributed by atoms with Crippen LogP contribution in [0.2, 0.25) is 10.0 Å². The normalized spacial score (nSPS) is 22.0. The van der Waals surface area contributed by atoms with E-state index in [2.05, 4.69) is 0 Å². The molecule has 5 heteroatoms. The Kier molecular flexibility index (Phi) is 5.91. The SMILES string of the molecule is CN1C(=O)[C@@H](Cc2ccccc2)OC(c2ccc(Cl)cc2)C1c1ccc(Cl)cc1. The first-order chi connectivity index (χ1) is 14.0. The largest absolute Gasteiger partial charge is 0.358 e. The molecular weight excluding hydrogens is 405 g/mol. The van der Waals surface area contributed by atoms with Crippen LogP contribution in [0.15, 0.2) is 78.9 Å². The number of nitrogens with zero attached hydrogens (tertiary/aromatic N) is 1. The van der Waals surface area contributed by atoms with Crippen LogP contribution in [-0.2, 0) is 16.0 Å². The van der Waals surface area contributed by atoms with Gasteiger partial charge in [-0.1, -0.05) is 77.8 Å². The molecule has 3 aromatic rings. The molecule has 0 aromatic heterocycles. The van der Waals surface area contributed by atoms with Gasteiger partial charge < -0.3 is 9.64 Å². The van der Waals surface area contributed by atoms with Crippen molar-refractivity contribution in [2.75, 3.05) is 7.05 Å². The minimum absolute atomic E-state index is 0.0287. The van der Waals surface area contributed by atoms with Gasteiger partial charge in [0.05, 0.1) is 6.04 Å². The first-order valence-corrected chi connectivity index (χ1v) is 10.3. The van der Waals surface area contributed by atoms with E-state index in [1.807, 2.05) is 85.9 Å². The van der Waals surface area contributed by atoms with E-state index in [1.54, 1.807) is 4.90 Å². The average molecular weight is 426 g/mol. The Hall–Kier alpha value is -2.33. The Morgan fingerprint density at radius 3 is 1.97 bits per heavy atom. The van der Waals surface area contributed by atoms with Gasteiger partial charge in [-0.2, -0.15) is 0 Å². The molecule has 1 amide bonds. The molecule has 0 aliphatic carbocycles. The molecule has 148 valence electrons. The lowest BCUT2D eigenvalue weighted by Crippen LogP contribution is -2.49. The molecule has 1 heterocycles. The summed E-state index contributed by atoms with van der Waals surface area (Å²) in [6.07, 6.45) is -0.335. The van der Waals surface area contributed by atoms with Gasteiger partial charge in [-0.3, -0.25) is 4.79 Å². The lowest BCUT2D eigenvalue weighted by molar-refractivity contribution is -0.171. The second kappa shape index (κ2) is 8.58. The van der Waals surface area contributed by atoms with Gasteiger partial charge in [0.1, 0.15) is 12.2 Å². The molecule has 0 bridgehead atoms. The van der Waals surface area contributed by atoms with E-state index in [0.717, 1.165) is 16.7 Å². The Balaban J connectivity index is 1.71. The second-order valence-electron chi connectivity index (χ2n) is 7.23. The molecule has 1 aliphatic heterocycles. The molecule has 3 atom stereocenters. The maximum absolute atomic E-state index is 13.2. The van der Waals surface area contributed by atoms with Crippen molar-refractivity contribution in [1.82, 2.24) is 4.90 Å². The zero-order valence-corrected chi connectivity index (χ0v) is 17.5. The van der Waals surface area contributed by atoms with E-state index >= 15 is 0 Å². The lowest BCUT2D eigenvalue weighted by Gasteiger charge is -2.43. The first kappa shape index (κ1) is 20.0. The number of benzene rings is 3. The Morgan fingerprint density at radius 1 is 0.828 bits per heavy atom. The monoisotopic (exact) mass is 425 g/mol. The van der Waals surface area contributed by atoms with Crippen molar-refractivity contribution in [3.05, 3.63) is 106 Å². The zero-order chi connectivity index (χ0) is 20.4. The zero-order valence-electron chi connectivity index (χ0n) is 16.0. The Bertz CT molecular complexity index is 974. The molecule has 2 unspecified atom stereocenters. The van der Waals surface area contributed by atoms with Crippen LogP contribution in [-0.4, -0.2) is 24.0 Å². The molecule has 29 heavy (non-hydrogen) atoms. The number of morpholine rings is 1. The number of rotatable bonds is 4. The van der Waals surface area contributed by atoms with Crippen LogP contribution in [0.5, 0.6) is 0 Å². The standard InChI is InChI=1S/C24H21Cl2NO2/c1-27-22(17-7-11-19(25)12-8-17)23(18-9-13-20(26)14-10-18)29-21(24(27)28)15-16-5-3-2-4-6-16/h2-14,21-23H,15H2,1H3/t21-,22?,23?/m1/s1. The van der Waals surface area contributed by atoms with Crippen LogP contribution in [0.3, 0.4) is 0 Å². The third-order valence-corrected chi connectivity index (χ3v) is 5.82. The van der Waals surface area contributed by atoms with Gasteiger partial charge in [-0.25, -0.2) is 0 Å². The number of likely N-dealkylation sites (N-methyl/N-ethyl adjacent to an activating group) is 1. The van der Waals surface area contributed by atoms with Crippen LogP contribution >= 0.6 is 23.2 Å². The molecule has 0 radical (unpaired) electrons. The molecule has 4 rings (SSSR count). The van der Waals surface area contributed by atoms with Crippen LogP contribution < -0.4 is 0 Å². The molecule has 1 saturated heterocycles. The van der Waals surface area contributed by atoms with Gasteiger partial charge in [-0.15, -0.1) is 0 Å². The van der Waals surface area contributed by atoms with Crippen molar-refractivity contribution < 1.29 is 9.53 Å². The summed E-state index contributed by atoms with van der Waals surface area (Å²) >= 11 is 12.2. The number of carbonyl (C=O) groups is 1. The third kappa shape index (κ3) is 4.32. The van der Waals surface area contributed by atoms with Crippen molar-refractivity contribution in [3.8, 4) is 0 Å². The highest BCUT2D eigenvalue weighted by molar-refractivity contribution is 6.30. The summed E-state index contributed by atoms with van der Waals surface area (Å²) in [5.41, 5.74) is 3.02. The summed E-state index contributed by atoms with van der Waals surface area (Å²) in [7, 11) is 1.84. The van der Waals surface area contributed by atoms with Crippen molar-refractivity contribution in [1.29, 1.82) is 0 Å². The van der Waals surface area contributed by atoms with E-state index in [4.69, 9.17) is 27.9 Å². The maximum Gasteiger partial charge on any atom is 0.252 e. The lowest BCUT2D eigenvalue weighted by atomic mass is 9.91. The van der Waals surface area contributed by atoms with E-state index in [0.29, 0.717) is 16.5 Å². The molecule has 3 aromatic carbocycles. The summed E-state index contributed by atoms with van der Waals surface area (Å²) < 4.78 is 6.43. The summed E-state index contributed by atoms with van der Waals surface area (Å²) in [5.74, 6) is -0.0287. The van der Waals surface area contributed by atoms with Gasteiger partial charge in [0.15, 0.2) is 0 Å². The highest BCUT2D eigenvalue weighted by Crippen LogP contribution is 2.42. The highest BCUT2D eigenvalue weighted by Gasteiger charge is 2.42. The molecule has 0 saturated carbocycles. The van der Waals surface area contributed by atoms with Crippen LogP contribution in [0.25, 0.3) is 0 Å². The number of carbonyl (C=O) groups excluding carboxylic acids is 1. The molecule has 1 fully saturated rings. The Morgan fingerprint density at radius 2 is 1.38 bits per heavy atom. The summed E-state index contributed by atoms with van der Waals surface area (Å²) in [5, 5.41) is 1.32. The minimum Gasteiger partial charge on any atom is -0.358 e. The van der Waals surface area contributed by atoms with Gasteiger partial charge in [-0.05, 0) is 41.0 Å². The molecule has 0 N–H and O–H groups in total. The minimum atomic E-state index is -0.549. The van der Waals surface area contributed by atoms with E-state index in [9.17, 15) is 4.79 Å². The second-order valence-corrected chi connectivity index (χ2v) is 8.11. The number of hydrogen-bond donors (Lipinski definition) is 0. The van der Waals surface area contributed by atoms with Gasteiger partial charge in [0.25, 0.3) is 5.91 Å². The smallest absolute Gasteiger partial charge is 0.252 e. The number of amides is 1. The van der Waals surface area contributed by atoms with E-state index in [1.165, 1.54) is 0 Å². The van der Waals surface area contributed by atoms with E-state index in [-0.39, 0.29) is 18.1 Å². The number of halogens is 2. The Labute approximate surface area is 180 Å². The van der Waals surface area contributed by atoms with E-state index < -0.39 is 6.10 Å². The van der Waals surface area contributed by atoms with Crippen LogP contribution in [0.1, 0.15) is 28.8 Å². The predicted octanol–water partition coefficient (Wildman–Crippen LogP) is 5.88. The fourth-order valence-electron chi connectivity index (χ4n) is 3.81. The quantitative estimate of drug-likeness (QED) is 0.522. The highest BCUT2D eigenvalue weighted by atomic mass is 35.5. The number of hydrogen-bond acceptors (Lipinski definition) is 2. The predicted molar refractivity (Wildman–Crippen MR) is 116 cm³/mol. The maximum atomic E-state index is 13.2. The fourth-order valence-corrected chi connectivity index (χ4v) is 4.06. The van der Waals surface area contributed by atoms with Crippen molar-refractivity contribution in [2.24, 2.45) is 0 Å². The number of ether oxygens (including phenoxy) is 1. The van der Waals surface area contributed by atoms with Crippen molar-refractivity contribution in [3.63, 3.8) is 0 Å². The fraction of sp³-hybridized carbons (Fsp3) is 0.208. The van der Waals surface area contributed by atoms with Crippen LogP contribution in [0, 0.1) is 0 Å². The third-order valence-electron chi connectivity index (χ3n) is 5.31. The summed E-state index contributed by atoms with van der Waals surface area (Å²) in [6.45, 7) is 0. The molecular formula is C24H21Cl2NO2. The average Bonchev–Trinajstić information content (AvgIpc) is 2.74.